The summed E-state index contributed by atoms with van der Waals surface area (Å²) in [5.41, 5.74) is 0. The Labute approximate surface area is 123 Å². The molecule has 0 atom stereocenters. The zero-order valence-corrected chi connectivity index (χ0v) is 12.9. The van der Waals surface area contributed by atoms with Gasteiger partial charge in [-0.2, -0.15) is 0 Å². The molecule has 1 saturated heterocycles. The molecule has 0 aromatic heterocycles. The van der Waals surface area contributed by atoms with Crippen LogP contribution in [0, 0.1) is 0 Å². The Morgan fingerprint density at radius 3 is 2.25 bits per heavy atom. The van der Waals surface area contributed by atoms with Gasteiger partial charge in [-0.05, 0) is 38.5 Å². The van der Waals surface area contributed by atoms with Crippen molar-refractivity contribution in [2.45, 2.75) is 89.1 Å². The average molecular weight is 278 g/mol. The molecule has 0 amide bonds. The molecule has 1 aliphatic heterocycles. The van der Waals surface area contributed by atoms with E-state index in [0.717, 1.165) is 19.2 Å². The van der Waals surface area contributed by atoms with Crippen LogP contribution in [0.3, 0.4) is 0 Å². The van der Waals surface area contributed by atoms with Gasteiger partial charge in [0.2, 0.25) is 0 Å². The van der Waals surface area contributed by atoms with E-state index in [1.807, 2.05) is 0 Å². The van der Waals surface area contributed by atoms with Gasteiger partial charge in [-0.1, -0.05) is 38.5 Å². The van der Waals surface area contributed by atoms with E-state index in [-0.39, 0.29) is 0 Å². The van der Waals surface area contributed by atoms with Crippen LogP contribution in [0.25, 0.3) is 0 Å². The van der Waals surface area contributed by atoms with Gasteiger partial charge in [0.25, 0.3) is 6.02 Å². The van der Waals surface area contributed by atoms with Crippen molar-refractivity contribution >= 4 is 6.02 Å². The van der Waals surface area contributed by atoms with Gasteiger partial charge in [-0.3, -0.25) is 0 Å². The number of hydrogen-bond donors (Lipinski definition) is 0. The van der Waals surface area contributed by atoms with E-state index in [9.17, 15) is 0 Å². The molecule has 0 unspecified atom stereocenters. The standard InChI is InChI=1S/C17H30N2O/c1-3-9-15(10-4-1)18-17-19(13-7-8-14-20-17)16-11-5-2-6-12-16/h15-16H,1-14H2. The summed E-state index contributed by atoms with van der Waals surface area (Å²) in [4.78, 5) is 7.56. The third kappa shape index (κ3) is 3.67. The maximum atomic E-state index is 6.05. The summed E-state index contributed by atoms with van der Waals surface area (Å²) in [5, 5.41) is 0. The van der Waals surface area contributed by atoms with Crippen LogP contribution in [0.2, 0.25) is 0 Å². The lowest BCUT2D eigenvalue weighted by Gasteiger charge is -2.35. The molecule has 3 fully saturated rings. The lowest BCUT2D eigenvalue weighted by Crippen LogP contribution is -2.42. The molecule has 1 heterocycles. The van der Waals surface area contributed by atoms with Crippen molar-refractivity contribution in [1.82, 2.24) is 4.90 Å². The minimum absolute atomic E-state index is 0.531. The second-order valence-corrected chi connectivity index (χ2v) is 6.74. The predicted octanol–water partition coefficient (Wildman–Crippen LogP) is 4.12. The molecule has 0 spiro atoms. The molecule has 0 aromatic rings. The van der Waals surface area contributed by atoms with E-state index in [4.69, 9.17) is 9.73 Å². The lowest BCUT2D eigenvalue weighted by atomic mass is 9.94. The fraction of sp³-hybridized carbons (Fsp3) is 0.941. The van der Waals surface area contributed by atoms with Crippen molar-refractivity contribution in [3.63, 3.8) is 0 Å². The van der Waals surface area contributed by atoms with E-state index in [1.165, 1.54) is 77.0 Å². The highest BCUT2D eigenvalue weighted by Crippen LogP contribution is 2.26. The molecule has 0 N–H and O–H groups in total. The summed E-state index contributed by atoms with van der Waals surface area (Å²) >= 11 is 0. The van der Waals surface area contributed by atoms with Gasteiger partial charge >= 0.3 is 0 Å². The third-order valence-corrected chi connectivity index (χ3v) is 5.15. The molecule has 2 aliphatic carbocycles. The smallest absolute Gasteiger partial charge is 0.287 e. The quantitative estimate of drug-likeness (QED) is 0.759. The fourth-order valence-electron chi connectivity index (χ4n) is 3.94. The van der Waals surface area contributed by atoms with Crippen molar-refractivity contribution in [2.75, 3.05) is 13.2 Å². The third-order valence-electron chi connectivity index (χ3n) is 5.15. The lowest BCUT2D eigenvalue weighted by molar-refractivity contribution is 0.192. The summed E-state index contributed by atoms with van der Waals surface area (Å²) in [6.45, 7) is 2.03. The van der Waals surface area contributed by atoms with Crippen molar-refractivity contribution in [3.8, 4) is 0 Å². The van der Waals surface area contributed by atoms with Crippen molar-refractivity contribution < 1.29 is 4.74 Å². The SMILES string of the molecule is C1CCC(N=C2OCCCCN2C2CCCCC2)CC1. The zero-order chi connectivity index (χ0) is 13.6. The molecular formula is C17H30N2O. The molecular weight excluding hydrogens is 248 g/mol. The minimum atomic E-state index is 0.531. The largest absolute Gasteiger partial charge is 0.465 e. The molecule has 3 nitrogen and oxygen atoms in total. The van der Waals surface area contributed by atoms with Gasteiger partial charge in [0.1, 0.15) is 0 Å². The van der Waals surface area contributed by atoms with E-state index in [0.29, 0.717) is 12.1 Å². The summed E-state index contributed by atoms with van der Waals surface area (Å²) in [5.74, 6) is 0. The van der Waals surface area contributed by atoms with Gasteiger partial charge in [0.05, 0.1) is 12.6 Å². The van der Waals surface area contributed by atoms with Crippen LogP contribution in [0.5, 0.6) is 0 Å². The van der Waals surface area contributed by atoms with E-state index >= 15 is 0 Å². The summed E-state index contributed by atoms with van der Waals surface area (Å²) in [7, 11) is 0. The molecule has 0 aromatic carbocycles. The van der Waals surface area contributed by atoms with Gasteiger partial charge < -0.3 is 9.64 Å². The van der Waals surface area contributed by atoms with Crippen molar-refractivity contribution in [3.05, 3.63) is 0 Å². The Morgan fingerprint density at radius 1 is 0.800 bits per heavy atom. The molecule has 20 heavy (non-hydrogen) atoms. The topological polar surface area (TPSA) is 24.8 Å². The first-order chi connectivity index (χ1) is 9.93. The Hall–Kier alpha value is -0.730. The van der Waals surface area contributed by atoms with Crippen LogP contribution in [-0.2, 0) is 4.74 Å². The molecule has 0 bridgehead atoms. The van der Waals surface area contributed by atoms with Crippen molar-refractivity contribution in [1.29, 1.82) is 0 Å². The number of rotatable bonds is 2. The Balaban J connectivity index is 1.70. The van der Waals surface area contributed by atoms with E-state index in [1.54, 1.807) is 0 Å². The van der Waals surface area contributed by atoms with Crippen LogP contribution < -0.4 is 0 Å². The Bertz CT molecular complexity index is 317. The second-order valence-electron chi connectivity index (χ2n) is 6.74. The normalized spacial score (nSPS) is 29.2. The zero-order valence-electron chi connectivity index (χ0n) is 12.9. The second kappa shape index (κ2) is 7.33. The molecule has 3 rings (SSSR count). The maximum Gasteiger partial charge on any atom is 0.287 e. The highest BCUT2D eigenvalue weighted by Gasteiger charge is 2.27. The van der Waals surface area contributed by atoms with Crippen LogP contribution in [0.15, 0.2) is 4.99 Å². The van der Waals surface area contributed by atoms with Crippen LogP contribution in [0.1, 0.15) is 77.0 Å². The van der Waals surface area contributed by atoms with Crippen LogP contribution >= 0.6 is 0 Å². The Kier molecular flexibility index (Phi) is 5.21. The minimum Gasteiger partial charge on any atom is -0.465 e. The molecule has 2 saturated carbocycles. The highest BCUT2D eigenvalue weighted by molar-refractivity contribution is 5.74. The van der Waals surface area contributed by atoms with Gasteiger partial charge in [-0.15, -0.1) is 0 Å². The number of aliphatic imine (C=N–C) groups is 1. The molecule has 3 heteroatoms. The molecule has 3 aliphatic rings. The monoisotopic (exact) mass is 278 g/mol. The Morgan fingerprint density at radius 2 is 1.50 bits per heavy atom. The summed E-state index contributed by atoms with van der Waals surface area (Å²) in [6.07, 6.45) is 16.0. The number of amidine groups is 1. The van der Waals surface area contributed by atoms with Gasteiger partial charge in [0.15, 0.2) is 0 Å². The molecule has 114 valence electrons. The first-order valence-electron chi connectivity index (χ1n) is 8.91. The van der Waals surface area contributed by atoms with E-state index < -0.39 is 0 Å². The highest BCUT2D eigenvalue weighted by atomic mass is 16.5. The van der Waals surface area contributed by atoms with Gasteiger partial charge in [-0.25, -0.2) is 4.99 Å². The number of ether oxygens (including phenoxy) is 1. The maximum absolute atomic E-state index is 6.05. The summed E-state index contributed by atoms with van der Waals surface area (Å²) < 4.78 is 6.05. The first-order valence-corrected chi connectivity index (χ1v) is 8.91. The summed E-state index contributed by atoms with van der Waals surface area (Å²) in [6, 6.07) is 2.23. The fourth-order valence-corrected chi connectivity index (χ4v) is 3.94. The number of nitrogens with zero attached hydrogens (tertiary/aromatic N) is 2. The van der Waals surface area contributed by atoms with Crippen molar-refractivity contribution in [2.24, 2.45) is 4.99 Å². The van der Waals surface area contributed by atoms with Crippen LogP contribution in [0.4, 0.5) is 0 Å². The predicted molar refractivity (Wildman–Crippen MR) is 83.1 cm³/mol. The molecule has 0 radical (unpaired) electrons. The average Bonchev–Trinajstić information content (AvgIpc) is 2.75. The number of hydrogen-bond acceptors (Lipinski definition) is 2. The van der Waals surface area contributed by atoms with Crippen LogP contribution in [-0.4, -0.2) is 36.2 Å². The van der Waals surface area contributed by atoms with Gasteiger partial charge in [0, 0.05) is 12.6 Å². The van der Waals surface area contributed by atoms with E-state index in [2.05, 4.69) is 4.90 Å². The first kappa shape index (κ1) is 14.2.